The van der Waals surface area contributed by atoms with E-state index in [4.69, 9.17) is 0 Å². The van der Waals surface area contributed by atoms with Crippen molar-refractivity contribution in [2.45, 2.75) is 13.2 Å². The quantitative estimate of drug-likeness (QED) is 0.571. The molecule has 4 rings (SSSR count). The first-order valence-corrected chi connectivity index (χ1v) is 11.3. The van der Waals surface area contributed by atoms with Gasteiger partial charge in [0.25, 0.3) is 5.91 Å². The summed E-state index contributed by atoms with van der Waals surface area (Å²) in [5, 5.41) is 4.96. The maximum Gasteiger partial charge on any atom is 0.387 e. The van der Waals surface area contributed by atoms with E-state index in [1.807, 2.05) is 0 Å². The molecule has 164 valence electrons. The van der Waals surface area contributed by atoms with E-state index in [9.17, 15) is 13.6 Å². The van der Waals surface area contributed by atoms with Crippen LogP contribution in [0.4, 0.5) is 13.9 Å². The number of nitrogens with one attached hydrogen (secondary N) is 1. The third-order valence-electron chi connectivity index (χ3n) is 4.85. The number of hydrogen-bond acceptors (Lipinski definition) is 8. The number of hydrogen-bond donors (Lipinski definition) is 1. The number of aromatic nitrogens is 2. The molecule has 31 heavy (non-hydrogen) atoms. The van der Waals surface area contributed by atoms with Gasteiger partial charge in [0.05, 0.1) is 12.1 Å². The van der Waals surface area contributed by atoms with Crippen LogP contribution in [0.25, 0.3) is 10.4 Å². The first-order chi connectivity index (χ1) is 15.0. The number of benzene rings is 1. The molecule has 0 aliphatic carbocycles. The Morgan fingerprint density at radius 3 is 2.84 bits per heavy atom. The number of halogens is 2. The number of likely N-dealkylation sites (N-methyl/N-ethyl adjacent to an activating group) is 1. The highest BCUT2D eigenvalue weighted by Gasteiger charge is 2.17. The minimum Gasteiger partial charge on any atom is -0.435 e. The molecule has 1 N–H and O–H groups in total. The van der Waals surface area contributed by atoms with E-state index in [2.05, 4.69) is 36.3 Å². The predicted octanol–water partition coefficient (Wildman–Crippen LogP) is 3.87. The van der Waals surface area contributed by atoms with E-state index < -0.39 is 6.61 Å². The summed E-state index contributed by atoms with van der Waals surface area (Å²) in [6.07, 6.45) is 0. The Balaban J connectivity index is 1.37. The van der Waals surface area contributed by atoms with E-state index in [1.54, 1.807) is 23.6 Å². The molecule has 11 heteroatoms. The van der Waals surface area contributed by atoms with Crippen LogP contribution in [0.5, 0.6) is 5.75 Å². The molecule has 1 saturated heterocycles. The van der Waals surface area contributed by atoms with Crippen LogP contribution in [0.1, 0.15) is 16.2 Å². The van der Waals surface area contributed by atoms with Crippen molar-refractivity contribution in [2.75, 3.05) is 38.5 Å². The third-order valence-corrected chi connectivity index (χ3v) is 6.50. The monoisotopic (exact) mass is 465 g/mol. The van der Waals surface area contributed by atoms with E-state index in [0.29, 0.717) is 28.6 Å². The maximum atomic E-state index is 12.6. The highest BCUT2D eigenvalue weighted by molar-refractivity contribution is 7.14. The van der Waals surface area contributed by atoms with Gasteiger partial charge in [-0.1, -0.05) is 12.1 Å². The standard InChI is InChI=1S/C20H21F2N5O2S2/c1-26-5-7-27(8-6-26)11-17-23-20(31-25-17)24-18(28)14-10-16(30-12-14)13-3-2-4-15(9-13)29-19(21)22/h2-4,9-10,12,19H,5-8,11H2,1H3,(H,23,24,25,28). The average Bonchev–Trinajstić information content (AvgIpc) is 3.39. The maximum absolute atomic E-state index is 12.6. The number of carbonyl (C=O) groups excluding carboxylic acids is 1. The molecule has 0 unspecified atom stereocenters. The smallest absolute Gasteiger partial charge is 0.387 e. The molecule has 7 nitrogen and oxygen atoms in total. The summed E-state index contributed by atoms with van der Waals surface area (Å²) >= 11 is 2.51. The second kappa shape index (κ2) is 9.77. The summed E-state index contributed by atoms with van der Waals surface area (Å²) in [6.45, 7) is 1.77. The van der Waals surface area contributed by atoms with E-state index in [-0.39, 0.29) is 11.7 Å². The molecule has 1 aromatic carbocycles. The summed E-state index contributed by atoms with van der Waals surface area (Å²) in [5.74, 6) is 0.491. The molecular formula is C20H21F2N5O2S2. The van der Waals surface area contributed by atoms with Gasteiger partial charge in [0.15, 0.2) is 5.82 Å². The molecule has 0 saturated carbocycles. The number of anilines is 1. The van der Waals surface area contributed by atoms with Crippen molar-refractivity contribution in [3.05, 3.63) is 47.1 Å². The van der Waals surface area contributed by atoms with Gasteiger partial charge in [-0.2, -0.15) is 13.2 Å². The van der Waals surface area contributed by atoms with Crippen molar-refractivity contribution in [1.82, 2.24) is 19.2 Å². The molecule has 1 aliphatic rings. The van der Waals surface area contributed by atoms with Crippen LogP contribution in [0.15, 0.2) is 35.7 Å². The molecule has 1 aliphatic heterocycles. The predicted molar refractivity (Wildman–Crippen MR) is 117 cm³/mol. The Labute approximate surface area is 186 Å². The van der Waals surface area contributed by atoms with Gasteiger partial charge in [-0.05, 0) is 30.8 Å². The van der Waals surface area contributed by atoms with Gasteiger partial charge in [0.2, 0.25) is 5.13 Å². The Morgan fingerprint density at radius 2 is 2.06 bits per heavy atom. The number of alkyl halides is 2. The number of amides is 1. The van der Waals surface area contributed by atoms with Gasteiger partial charge in [-0.15, -0.1) is 11.3 Å². The number of piperazine rings is 1. The number of nitrogens with zero attached hydrogens (tertiary/aromatic N) is 4. The van der Waals surface area contributed by atoms with Crippen molar-refractivity contribution < 1.29 is 18.3 Å². The van der Waals surface area contributed by atoms with Crippen LogP contribution in [-0.4, -0.2) is 64.9 Å². The zero-order valence-corrected chi connectivity index (χ0v) is 18.4. The fourth-order valence-corrected chi connectivity index (χ4v) is 4.64. The van der Waals surface area contributed by atoms with Crippen LogP contribution >= 0.6 is 22.9 Å². The lowest BCUT2D eigenvalue weighted by molar-refractivity contribution is -0.0498. The summed E-state index contributed by atoms with van der Waals surface area (Å²) < 4.78 is 33.7. The van der Waals surface area contributed by atoms with Gasteiger partial charge in [-0.3, -0.25) is 15.0 Å². The minimum absolute atomic E-state index is 0.0774. The molecule has 0 spiro atoms. The zero-order valence-electron chi connectivity index (χ0n) is 16.8. The fraction of sp³-hybridized carbons (Fsp3) is 0.350. The van der Waals surface area contributed by atoms with Crippen molar-refractivity contribution in [2.24, 2.45) is 0 Å². The molecule has 2 aromatic heterocycles. The molecule has 0 bridgehead atoms. The Hall–Kier alpha value is -2.47. The minimum atomic E-state index is -2.88. The average molecular weight is 466 g/mol. The number of carbonyl (C=O) groups is 1. The van der Waals surface area contributed by atoms with Gasteiger partial charge < -0.3 is 9.64 Å². The van der Waals surface area contributed by atoms with Gasteiger partial charge in [0.1, 0.15) is 5.75 Å². The Morgan fingerprint density at radius 1 is 1.26 bits per heavy atom. The lowest BCUT2D eigenvalue weighted by atomic mass is 10.1. The van der Waals surface area contributed by atoms with E-state index in [0.717, 1.165) is 42.6 Å². The molecule has 3 aromatic rings. The van der Waals surface area contributed by atoms with Crippen LogP contribution < -0.4 is 10.1 Å². The molecular weight excluding hydrogens is 444 g/mol. The van der Waals surface area contributed by atoms with Crippen LogP contribution in [-0.2, 0) is 6.54 Å². The van der Waals surface area contributed by atoms with E-state index >= 15 is 0 Å². The first-order valence-electron chi connectivity index (χ1n) is 9.65. The Kier molecular flexibility index (Phi) is 6.86. The summed E-state index contributed by atoms with van der Waals surface area (Å²) in [4.78, 5) is 22.4. The van der Waals surface area contributed by atoms with Gasteiger partial charge >= 0.3 is 6.61 Å². The second-order valence-electron chi connectivity index (χ2n) is 7.16. The van der Waals surface area contributed by atoms with Crippen molar-refractivity contribution in [3.63, 3.8) is 0 Å². The molecule has 3 heterocycles. The third kappa shape index (κ3) is 5.82. The number of rotatable bonds is 7. The zero-order chi connectivity index (χ0) is 21.8. The SMILES string of the molecule is CN1CCN(Cc2nsc(NC(=O)c3csc(-c4cccc(OC(F)F)c4)c3)n2)CC1. The van der Waals surface area contributed by atoms with Crippen molar-refractivity contribution in [1.29, 1.82) is 0 Å². The highest BCUT2D eigenvalue weighted by Crippen LogP contribution is 2.30. The first kappa shape index (κ1) is 21.8. The topological polar surface area (TPSA) is 70.6 Å². The van der Waals surface area contributed by atoms with Crippen molar-refractivity contribution in [3.8, 4) is 16.2 Å². The Bertz CT molecular complexity index is 1030. The van der Waals surface area contributed by atoms with Gasteiger partial charge in [-0.25, -0.2) is 4.98 Å². The molecule has 1 amide bonds. The molecule has 0 atom stereocenters. The van der Waals surface area contributed by atoms with Crippen LogP contribution in [0, 0.1) is 0 Å². The highest BCUT2D eigenvalue weighted by atomic mass is 32.1. The summed E-state index contributed by atoms with van der Waals surface area (Å²) in [5.41, 5.74) is 1.17. The largest absolute Gasteiger partial charge is 0.435 e. The normalized spacial score (nSPS) is 15.4. The summed E-state index contributed by atoms with van der Waals surface area (Å²) in [6, 6.07) is 8.12. The lowest BCUT2D eigenvalue weighted by Gasteiger charge is -2.31. The van der Waals surface area contributed by atoms with Crippen LogP contribution in [0.2, 0.25) is 0 Å². The van der Waals surface area contributed by atoms with Crippen molar-refractivity contribution >= 4 is 33.9 Å². The number of thiophene rings is 1. The number of ether oxygens (including phenoxy) is 1. The lowest BCUT2D eigenvalue weighted by Crippen LogP contribution is -2.44. The van der Waals surface area contributed by atoms with E-state index in [1.165, 1.54) is 23.5 Å². The summed E-state index contributed by atoms with van der Waals surface area (Å²) in [7, 11) is 2.11. The fourth-order valence-electron chi connectivity index (χ4n) is 3.18. The molecule has 1 fully saturated rings. The molecule has 0 radical (unpaired) electrons. The second-order valence-corrected chi connectivity index (χ2v) is 8.82. The van der Waals surface area contributed by atoms with Crippen LogP contribution in [0.3, 0.4) is 0 Å². The van der Waals surface area contributed by atoms with Gasteiger partial charge in [0, 0.05) is 48.0 Å².